The summed E-state index contributed by atoms with van der Waals surface area (Å²) in [7, 11) is 1.12. The molecule has 2 aliphatic rings. The van der Waals surface area contributed by atoms with Gasteiger partial charge in [0.1, 0.15) is 6.29 Å². The van der Waals surface area contributed by atoms with Gasteiger partial charge in [-0.1, -0.05) is 112 Å². The number of benzene rings is 1. The van der Waals surface area contributed by atoms with E-state index in [2.05, 4.69) is 36.7 Å². The number of methoxy groups -OCH3 is 1. The van der Waals surface area contributed by atoms with E-state index in [1.807, 2.05) is 120 Å². The number of amides is 1. The lowest BCUT2D eigenvalue weighted by atomic mass is 9.76. The first-order valence-electron chi connectivity index (χ1n) is 19.8. The highest BCUT2D eigenvalue weighted by molar-refractivity contribution is 6.61. The lowest BCUT2D eigenvalue weighted by Gasteiger charge is -2.34. The standard InChI is InChI=1S/C42H50BFN2O4.C5H12O/c1-6-9-19-32(8-3)38-39(42(48)45-35-23-15-10-11-16-24-35)40(31(4)5)46(41(38)33(18-7-2)20-17-27-44)28-25-36-30-37(26-29-47)50-43(49-36)34-21-13-12-14-22-34;1-5(2,3)6-4/h6-7,9-15,17-24,27,29,31,36-37H,8,16,25-26,28,30H2,1-5H3,(H,45,48);1-4H3/b9-6-,18-7-,27-17+,32-19+,33-20+;. The summed E-state index contributed by atoms with van der Waals surface area (Å²) in [5.74, 6) is -0.234. The minimum absolute atomic E-state index is 0.0394. The van der Waals surface area contributed by atoms with Crippen LogP contribution in [0.4, 0.5) is 4.39 Å². The van der Waals surface area contributed by atoms with Crippen molar-refractivity contribution in [3.8, 4) is 0 Å². The van der Waals surface area contributed by atoms with Crippen LogP contribution in [0.25, 0.3) is 11.1 Å². The van der Waals surface area contributed by atoms with Crippen LogP contribution in [-0.4, -0.2) is 48.8 Å². The molecule has 1 amide bonds. The van der Waals surface area contributed by atoms with Gasteiger partial charge in [0.2, 0.25) is 0 Å². The molecule has 7 nitrogen and oxygen atoms in total. The van der Waals surface area contributed by atoms with Crippen molar-refractivity contribution in [2.24, 2.45) is 0 Å². The van der Waals surface area contributed by atoms with Gasteiger partial charge in [-0.25, -0.2) is 4.39 Å². The summed E-state index contributed by atoms with van der Waals surface area (Å²) in [5, 5.41) is 3.20. The number of ether oxygens (including phenoxy) is 1. The van der Waals surface area contributed by atoms with Crippen molar-refractivity contribution in [1.29, 1.82) is 0 Å². The molecule has 1 aromatic carbocycles. The third-order valence-corrected chi connectivity index (χ3v) is 9.37. The summed E-state index contributed by atoms with van der Waals surface area (Å²) in [5.41, 5.74) is 6.61. The van der Waals surface area contributed by atoms with Gasteiger partial charge in [-0.2, -0.15) is 0 Å². The van der Waals surface area contributed by atoms with Crippen LogP contribution in [0.3, 0.4) is 0 Å². The lowest BCUT2D eigenvalue weighted by molar-refractivity contribution is -0.110. The maximum absolute atomic E-state index is 14.6. The molecule has 1 aliphatic carbocycles. The molecule has 0 bridgehead atoms. The van der Waals surface area contributed by atoms with E-state index >= 15 is 0 Å². The third-order valence-electron chi connectivity index (χ3n) is 9.37. The molecule has 2 atom stereocenters. The molecule has 2 heterocycles. The second kappa shape index (κ2) is 23.5. The van der Waals surface area contributed by atoms with Crippen LogP contribution in [0.15, 0.2) is 115 Å². The predicted octanol–water partition coefficient (Wildman–Crippen LogP) is 10.5. The highest BCUT2D eigenvalue weighted by Crippen LogP contribution is 2.40. The fraction of sp³-hybridized carbons (Fsp3) is 0.404. The van der Waals surface area contributed by atoms with Crippen LogP contribution in [0, 0.1) is 0 Å². The molecule has 9 heteroatoms. The Balaban J connectivity index is 0.00000130. The Morgan fingerprint density at radius 2 is 1.77 bits per heavy atom. The Bertz CT molecular complexity index is 1820. The average molecular weight is 765 g/mol. The Labute approximate surface area is 335 Å². The van der Waals surface area contributed by atoms with E-state index in [-0.39, 0.29) is 36.1 Å². The second-order valence-corrected chi connectivity index (χ2v) is 14.9. The average Bonchev–Trinajstić information content (AvgIpc) is 3.30. The number of hydrogen-bond donors (Lipinski definition) is 1. The molecule has 1 aromatic heterocycles. The lowest BCUT2D eigenvalue weighted by Crippen LogP contribution is -2.48. The number of aldehydes is 1. The molecule has 4 rings (SSSR count). The molecule has 1 saturated heterocycles. The summed E-state index contributed by atoms with van der Waals surface area (Å²) < 4.78 is 33.5. The van der Waals surface area contributed by atoms with Crippen LogP contribution in [0.5, 0.6) is 0 Å². The number of nitrogens with zero attached hydrogens (tertiary/aromatic N) is 1. The van der Waals surface area contributed by atoms with Gasteiger partial charge in [-0.3, -0.25) is 4.79 Å². The number of aromatic nitrogens is 1. The normalized spacial score (nSPS) is 18.1. The van der Waals surface area contributed by atoms with E-state index in [1.165, 1.54) is 6.08 Å². The summed E-state index contributed by atoms with van der Waals surface area (Å²) in [6.45, 7) is 16.8. The number of halogens is 1. The Morgan fingerprint density at radius 3 is 2.38 bits per heavy atom. The molecule has 300 valence electrons. The second-order valence-electron chi connectivity index (χ2n) is 14.9. The minimum atomic E-state index is -0.593. The van der Waals surface area contributed by atoms with Gasteiger partial charge < -0.3 is 28.7 Å². The molecule has 56 heavy (non-hydrogen) atoms. The third kappa shape index (κ3) is 13.6. The van der Waals surface area contributed by atoms with E-state index in [9.17, 15) is 14.0 Å². The Morgan fingerprint density at radius 1 is 1.05 bits per heavy atom. The van der Waals surface area contributed by atoms with Crippen molar-refractivity contribution in [1.82, 2.24) is 9.88 Å². The van der Waals surface area contributed by atoms with E-state index in [4.69, 9.17) is 14.0 Å². The van der Waals surface area contributed by atoms with Crippen molar-refractivity contribution < 1.29 is 28.0 Å². The molecule has 1 aliphatic heterocycles. The first kappa shape index (κ1) is 45.8. The monoisotopic (exact) mass is 764 g/mol. The van der Waals surface area contributed by atoms with Gasteiger partial charge in [-0.15, -0.1) is 0 Å². The number of carbonyl (C=O) groups is 2. The minimum Gasteiger partial charge on any atom is -0.404 e. The van der Waals surface area contributed by atoms with Crippen LogP contribution in [0.1, 0.15) is 121 Å². The smallest absolute Gasteiger partial charge is 0.404 e. The highest BCUT2D eigenvalue weighted by Gasteiger charge is 2.36. The van der Waals surface area contributed by atoms with Crippen LogP contribution >= 0.6 is 0 Å². The number of rotatable bonds is 15. The number of nitrogens with one attached hydrogen (secondary N) is 1. The van der Waals surface area contributed by atoms with Crippen molar-refractivity contribution in [2.45, 2.75) is 118 Å². The van der Waals surface area contributed by atoms with Crippen molar-refractivity contribution >= 4 is 35.9 Å². The molecule has 1 N–H and O–H groups in total. The van der Waals surface area contributed by atoms with Gasteiger partial charge in [0, 0.05) is 43.1 Å². The molecule has 1 fully saturated rings. The maximum atomic E-state index is 14.6. The van der Waals surface area contributed by atoms with Crippen LogP contribution in [0.2, 0.25) is 0 Å². The maximum Gasteiger partial charge on any atom is 0.494 e. The highest BCUT2D eigenvalue weighted by atomic mass is 19.1. The fourth-order valence-electron chi connectivity index (χ4n) is 6.57. The first-order valence-corrected chi connectivity index (χ1v) is 19.8. The van der Waals surface area contributed by atoms with Gasteiger partial charge in [0.05, 0.1) is 29.3 Å². The predicted molar refractivity (Wildman–Crippen MR) is 231 cm³/mol. The molecule has 2 unspecified atom stereocenters. The molecule has 0 saturated carbocycles. The molecular formula is C47H62BFN2O5. The summed E-state index contributed by atoms with van der Waals surface area (Å²) in [4.78, 5) is 26.2. The summed E-state index contributed by atoms with van der Waals surface area (Å²) >= 11 is 0. The first-order chi connectivity index (χ1) is 26.9. The van der Waals surface area contributed by atoms with Crippen molar-refractivity contribution in [2.75, 3.05) is 7.11 Å². The molecule has 2 aromatic rings. The number of allylic oxidation sites excluding steroid dienone is 14. The summed E-state index contributed by atoms with van der Waals surface area (Å²) in [6.07, 6.45) is 26.7. The zero-order valence-corrected chi connectivity index (χ0v) is 34.9. The number of carbonyl (C=O) groups excluding carboxylic acids is 2. The van der Waals surface area contributed by atoms with Gasteiger partial charge in [-0.05, 0) is 95.0 Å². The van der Waals surface area contributed by atoms with Crippen LogP contribution in [-0.2, 0) is 25.4 Å². The zero-order chi connectivity index (χ0) is 41.1. The van der Waals surface area contributed by atoms with Gasteiger partial charge in [0.25, 0.3) is 5.91 Å². The van der Waals surface area contributed by atoms with E-state index in [0.717, 1.165) is 45.5 Å². The van der Waals surface area contributed by atoms with E-state index < -0.39 is 7.12 Å². The zero-order valence-electron chi connectivity index (χ0n) is 34.9. The largest absolute Gasteiger partial charge is 0.494 e. The SMILES string of the molecule is C/C=C\C=C(/CC)c1c(C(=O)NC2=CCC=CC=C2)c(C(C)C)n(CCC2CC(CC=O)OB(c3ccccc3)O2)c1C(/C=C\C)=C/C=C/F.COC(C)(C)C. The molecular weight excluding hydrogens is 702 g/mol. The van der Waals surface area contributed by atoms with Crippen molar-refractivity contribution in [3.05, 3.63) is 138 Å². The van der Waals surface area contributed by atoms with Crippen molar-refractivity contribution in [3.63, 3.8) is 0 Å². The molecule has 0 radical (unpaired) electrons. The Hall–Kier alpha value is -4.57. The van der Waals surface area contributed by atoms with Gasteiger partial charge >= 0.3 is 7.12 Å². The van der Waals surface area contributed by atoms with Crippen LogP contribution < -0.4 is 10.8 Å². The van der Waals surface area contributed by atoms with E-state index in [1.54, 1.807) is 13.2 Å². The number of hydrogen-bond acceptors (Lipinski definition) is 5. The Kier molecular flexibility index (Phi) is 19.2. The topological polar surface area (TPSA) is 78.8 Å². The quantitative estimate of drug-likeness (QED) is 0.111. The van der Waals surface area contributed by atoms with E-state index in [0.29, 0.717) is 44.1 Å². The summed E-state index contributed by atoms with van der Waals surface area (Å²) in [6, 6.07) is 9.77. The molecule has 0 spiro atoms. The van der Waals surface area contributed by atoms with Gasteiger partial charge in [0.15, 0.2) is 0 Å². The fourth-order valence-corrected chi connectivity index (χ4v) is 6.57.